The third kappa shape index (κ3) is 1.90. The van der Waals surface area contributed by atoms with Crippen molar-refractivity contribution in [1.29, 1.82) is 0 Å². The van der Waals surface area contributed by atoms with Crippen molar-refractivity contribution >= 4 is 47.2 Å². The van der Waals surface area contributed by atoms with Crippen molar-refractivity contribution in [3.63, 3.8) is 0 Å². The Balaban J connectivity index is 2.22. The Morgan fingerprint density at radius 2 is 1.59 bits per heavy atom. The van der Waals surface area contributed by atoms with Gasteiger partial charge >= 0.3 is 0 Å². The van der Waals surface area contributed by atoms with Gasteiger partial charge in [-0.25, -0.2) is 0 Å². The fourth-order valence-electron chi connectivity index (χ4n) is 2.59. The van der Waals surface area contributed by atoms with E-state index >= 15 is 0 Å². The Morgan fingerprint density at radius 3 is 2.36 bits per heavy atom. The fraction of sp³-hybridized carbons (Fsp3) is 0. The zero-order valence-electron chi connectivity index (χ0n) is 11.3. The second kappa shape index (κ2) is 5.12. The normalized spacial score (nSPS) is 11.1. The minimum Gasteiger partial charge on any atom is -0.288 e. The van der Waals surface area contributed by atoms with Gasteiger partial charge in [-0.3, -0.25) is 4.79 Å². The van der Waals surface area contributed by atoms with E-state index in [2.05, 4.69) is 5.18 Å². The molecule has 2 heterocycles. The van der Waals surface area contributed by atoms with Crippen LogP contribution in [-0.2, 0) is 0 Å². The van der Waals surface area contributed by atoms with Crippen LogP contribution in [0.4, 0.5) is 5.00 Å². The average molecular weight is 323 g/mol. The molecule has 0 atom stereocenters. The first kappa shape index (κ1) is 13.3. The van der Waals surface area contributed by atoms with Crippen LogP contribution in [0.3, 0.4) is 0 Å². The second-order valence-electron chi connectivity index (χ2n) is 4.83. The number of fused-ring (bicyclic) bond motifs is 2. The van der Waals surface area contributed by atoms with Crippen molar-refractivity contribution in [3.8, 4) is 11.1 Å². The van der Waals surface area contributed by atoms with Gasteiger partial charge in [0, 0.05) is 15.6 Å². The first-order valence-electron chi connectivity index (χ1n) is 6.66. The Bertz CT molecular complexity index is 1060. The van der Waals surface area contributed by atoms with Crippen LogP contribution in [0.15, 0.2) is 64.6 Å². The molecule has 2 aromatic carbocycles. The highest BCUT2D eigenvalue weighted by molar-refractivity contribution is 7.42. The molecular formula is C17H9NO2S2. The highest BCUT2D eigenvalue weighted by Crippen LogP contribution is 2.45. The van der Waals surface area contributed by atoms with Gasteiger partial charge in [-0.1, -0.05) is 42.5 Å². The van der Waals surface area contributed by atoms with Gasteiger partial charge in [-0.15, -0.1) is 27.6 Å². The predicted octanol–water partition coefficient (Wildman–Crippen LogP) is 5.54. The molecule has 22 heavy (non-hydrogen) atoms. The van der Waals surface area contributed by atoms with Crippen LogP contribution in [-0.4, -0.2) is 0 Å². The molecule has 0 unspecified atom stereocenters. The summed E-state index contributed by atoms with van der Waals surface area (Å²) in [5, 5.41) is 4.81. The highest BCUT2D eigenvalue weighted by Gasteiger charge is 2.19. The van der Waals surface area contributed by atoms with E-state index in [0.717, 1.165) is 14.3 Å². The largest absolute Gasteiger partial charge is 0.288 e. The first-order chi connectivity index (χ1) is 10.8. The molecule has 0 saturated heterocycles. The zero-order valence-corrected chi connectivity index (χ0v) is 12.9. The molecule has 0 fully saturated rings. The molecule has 0 spiro atoms. The maximum Gasteiger partial charge on any atom is 0.197 e. The molecule has 0 saturated carbocycles. The number of rotatable bonds is 2. The Morgan fingerprint density at radius 1 is 0.864 bits per heavy atom. The van der Waals surface area contributed by atoms with E-state index in [9.17, 15) is 9.70 Å². The molecule has 106 valence electrons. The van der Waals surface area contributed by atoms with Gasteiger partial charge in [-0.2, -0.15) is 0 Å². The molecule has 2 aromatic heterocycles. The third-order valence-electron chi connectivity index (χ3n) is 3.56. The van der Waals surface area contributed by atoms with Crippen LogP contribution in [0.5, 0.6) is 0 Å². The molecule has 0 aliphatic carbocycles. The summed E-state index contributed by atoms with van der Waals surface area (Å²) in [6.45, 7) is 0. The Hall–Kier alpha value is -2.37. The van der Waals surface area contributed by atoms with Crippen LogP contribution in [0.2, 0.25) is 0 Å². The Labute approximate surface area is 133 Å². The van der Waals surface area contributed by atoms with Crippen molar-refractivity contribution in [2.75, 3.05) is 0 Å². The summed E-state index contributed by atoms with van der Waals surface area (Å²) < 4.78 is 1.77. The SMILES string of the molecule is O=Nc1sc2sc3ccccc3c(=O)c2c1-c1ccccc1. The standard InChI is InChI=1S/C17H9NO2S2/c19-15-11-8-4-5-9-12(11)21-17-14(15)13(16(18-20)22-17)10-6-2-1-3-7-10/h1-9H. The number of hydrogen-bond acceptors (Lipinski definition) is 5. The van der Waals surface area contributed by atoms with E-state index in [1.165, 1.54) is 22.7 Å². The lowest BCUT2D eigenvalue weighted by Gasteiger charge is -2.01. The van der Waals surface area contributed by atoms with E-state index in [0.29, 0.717) is 21.3 Å². The lowest BCUT2D eigenvalue weighted by Crippen LogP contribution is -2.00. The van der Waals surface area contributed by atoms with Gasteiger partial charge < -0.3 is 0 Å². The highest BCUT2D eigenvalue weighted by atomic mass is 32.2. The van der Waals surface area contributed by atoms with E-state index in [4.69, 9.17) is 0 Å². The zero-order chi connectivity index (χ0) is 15.1. The van der Waals surface area contributed by atoms with Crippen molar-refractivity contribution in [2.45, 2.75) is 0 Å². The van der Waals surface area contributed by atoms with Crippen molar-refractivity contribution in [3.05, 3.63) is 69.7 Å². The van der Waals surface area contributed by atoms with Crippen molar-refractivity contribution < 1.29 is 0 Å². The number of nitroso groups, excluding NO2 is 1. The van der Waals surface area contributed by atoms with Gasteiger partial charge in [-0.05, 0) is 22.9 Å². The summed E-state index contributed by atoms with van der Waals surface area (Å²) in [5.74, 6) is 0. The summed E-state index contributed by atoms with van der Waals surface area (Å²) in [6, 6.07) is 17.0. The number of benzene rings is 2. The maximum absolute atomic E-state index is 12.9. The van der Waals surface area contributed by atoms with Crippen LogP contribution in [0, 0.1) is 4.91 Å². The molecular weight excluding hydrogens is 314 g/mol. The van der Waals surface area contributed by atoms with Gasteiger partial charge in [0.15, 0.2) is 10.4 Å². The van der Waals surface area contributed by atoms with Gasteiger partial charge in [0.2, 0.25) is 0 Å². The molecule has 0 radical (unpaired) electrons. The molecule has 4 rings (SSSR count). The molecule has 0 amide bonds. The number of hydrogen-bond donors (Lipinski definition) is 0. The van der Waals surface area contributed by atoms with E-state index in [1.807, 2.05) is 54.6 Å². The maximum atomic E-state index is 12.9. The van der Waals surface area contributed by atoms with Crippen LogP contribution in [0.1, 0.15) is 0 Å². The smallest absolute Gasteiger partial charge is 0.197 e. The van der Waals surface area contributed by atoms with Crippen molar-refractivity contribution in [1.82, 2.24) is 0 Å². The number of thiophene rings is 1. The monoisotopic (exact) mass is 323 g/mol. The molecule has 5 heteroatoms. The second-order valence-corrected chi connectivity index (χ2v) is 7.14. The summed E-state index contributed by atoms with van der Waals surface area (Å²) >= 11 is 2.82. The molecule has 0 N–H and O–H groups in total. The minimum absolute atomic E-state index is 0.0330. The summed E-state index contributed by atoms with van der Waals surface area (Å²) in [4.78, 5) is 24.1. The topological polar surface area (TPSA) is 46.5 Å². The van der Waals surface area contributed by atoms with Crippen LogP contribution < -0.4 is 5.43 Å². The molecule has 0 bridgehead atoms. The first-order valence-corrected chi connectivity index (χ1v) is 8.30. The molecule has 4 aromatic rings. The lowest BCUT2D eigenvalue weighted by molar-refractivity contribution is 1.58. The van der Waals surface area contributed by atoms with Crippen LogP contribution in [0.25, 0.3) is 30.6 Å². The molecule has 3 nitrogen and oxygen atoms in total. The lowest BCUT2D eigenvalue weighted by atomic mass is 10.0. The predicted molar refractivity (Wildman–Crippen MR) is 94.4 cm³/mol. The van der Waals surface area contributed by atoms with Gasteiger partial charge in [0.1, 0.15) is 0 Å². The van der Waals surface area contributed by atoms with Gasteiger partial charge in [0.25, 0.3) is 0 Å². The Kier molecular flexibility index (Phi) is 3.10. The van der Waals surface area contributed by atoms with E-state index in [1.54, 1.807) is 0 Å². The third-order valence-corrected chi connectivity index (χ3v) is 5.89. The van der Waals surface area contributed by atoms with Gasteiger partial charge in [0.05, 0.1) is 9.40 Å². The van der Waals surface area contributed by atoms with Crippen LogP contribution >= 0.6 is 22.7 Å². The summed E-state index contributed by atoms with van der Waals surface area (Å²) in [5.41, 5.74) is 1.47. The van der Waals surface area contributed by atoms with E-state index in [-0.39, 0.29) is 5.43 Å². The number of nitrogens with zero attached hydrogens (tertiary/aromatic N) is 1. The quantitative estimate of drug-likeness (QED) is 0.455. The summed E-state index contributed by atoms with van der Waals surface area (Å²) in [6.07, 6.45) is 0. The minimum atomic E-state index is -0.0330. The summed E-state index contributed by atoms with van der Waals surface area (Å²) in [7, 11) is 0. The fourth-order valence-corrected chi connectivity index (χ4v) is 5.01. The van der Waals surface area contributed by atoms with E-state index < -0.39 is 0 Å². The molecule has 0 aliphatic rings. The van der Waals surface area contributed by atoms with Crippen molar-refractivity contribution in [2.24, 2.45) is 5.18 Å². The average Bonchev–Trinajstić information content (AvgIpc) is 2.94. The molecule has 0 aliphatic heterocycles.